The molecule has 2 aliphatic heterocycles. The third-order valence-corrected chi connectivity index (χ3v) is 5.57. The Morgan fingerprint density at radius 3 is 2.43 bits per heavy atom. The third kappa shape index (κ3) is 7.57. The van der Waals surface area contributed by atoms with Gasteiger partial charge in [0.05, 0.1) is 19.6 Å². The number of alkyl halides is 3. The molecule has 2 unspecified atom stereocenters. The molecule has 0 bridgehead atoms. The van der Waals surface area contributed by atoms with Crippen molar-refractivity contribution in [3.63, 3.8) is 0 Å². The minimum Gasteiger partial charge on any atom is -0.469 e. The lowest BCUT2D eigenvalue weighted by Gasteiger charge is -2.32. The molecule has 0 aromatic carbocycles. The number of nitrogens with zero attached hydrogens (tertiary/aromatic N) is 3. The van der Waals surface area contributed by atoms with Gasteiger partial charge in [-0.05, 0) is 44.2 Å². The van der Waals surface area contributed by atoms with Gasteiger partial charge < -0.3 is 15.0 Å². The molecule has 0 aliphatic carbocycles. The second-order valence-electron chi connectivity index (χ2n) is 7.61. The van der Waals surface area contributed by atoms with Crippen molar-refractivity contribution in [2.24, 2.45) is 22.7 Å². The Kier molecular flexibility index (Phi) is 10.3. The van der Waals surface area contributed by atoms with E-state index in [1.54, 1.807) is 7.05 Å². The highest BCUT2D eigenvalue weighted by molar-refractivity contribution is 14.0. The predicted molar refractivity (Wildman–Crippen MR) is 113 cm³/mol. The molecule has 2 aliphatic rings. The largest absolute Gasteiger partial charge is 0.469 e. The van der Waals surface area contributed by atoms with E-state index in [0.717, 1.165) is 38.3 Å². The summed E-state index contributed by atoms with van der Waals surface area (Å²) in [5.41, 5.74) is 0. The number of carbonyl (C=O) groups is 1. The average Bonchev–Trinajstić information content (AvgIpc) is 2.99. The molecule has 0 amide bonds. The maximum absolute atomic E-state index is 12.4. The van der Waals surface area contributed by atoms with Gasteiger partial charge in [0.2, 0.25) is 0 Å². The maximum Gasteiger partial charge on any atom is 0.401 e. The first-order valence-corrected chi connectivity index (χ1v) is 9.56. The molecule has 2 rings (SSSR count). The van der Waals surface area contributed by atoms with Crippen LogP contribution in [0.15, 0.2) is 4.99 Å². The summed E-state index contributed by atoms with van der Waals surface area (Å²) in [5.74, 6) is 1.06. The van der Waals surface area contributed by atoms with Crippen LogP contribution in [0, 0.1) is 17.8 Å². The molecular formula is C18H32F3IN4O2. The number of esters is 1. The van der Waals surface area contributed by atoms with Crippen molar-refractivity contribution >= 4 is 35.9 Å². The van der Waals surface area contributed by atoms with Crippen LogP contribution in [0.2, 0.25) is 0 Å². The first-order chi connectivity index (χ1) is 12.7. The van der Waals surface area contributed by atoms with Gasteiger partial charge in [-0.15, -0.1) is 24.0 Å². The van der Waals surface area contributed by atoms with Crippen LogP contribution in [0.5, 0.6) is 0 Å². The molecule has 10 heteroatoms. The van der Waals surface area contributed by atoms with Crippen molar-refractivity contribution in [1.82, 2.24) is 15.1 Å². The Hall–Kier alpha value is -0.780. The molecular weight excluding hydrogens is 488 g/mol. The first kappa shape index (κ1) is 25.3. The summed E-state index contributed by atoms with van der Waals surface area (Å²) >= 11 is 0. The second kappa shape index (κ2) is 11.4. The van der Waals surface area contributed by atoms with E-state index in [-0.39, 0.29) is 41.8 Å². The van der Waals surface area contributed by atoms with Crippen LogP contribution < -0.4 is 5.32 Å². The summed E-state index contributed by atoms with van der Waals surface area (Å²) in [5, 5.41) is 3.34. The Bertz CT molecular complexity index is 525. The number of hydrogen-bond donors (Lipinski definition) is 1. The summed E-state index contributed by atoms with van der Waals surface area (Å²) in [6.07, 6.45) is -1.62. The Labute approximate surface area is 182 Å². The molecule has 2 fully saturated rings. The van der Waals surface area contributed by atoms with E-state index in [0.29, 0.717) is 25.6 Å². The first-order valence-electron chi connectivity index (χ1n) is 9.56. The number of piperidine rings is 1. The standard InChI is InChI=1S/C18H31F3N4O2.HI/c1-13-10-25(11-15(13)16(26)27-3)17(22-2)23-7-4-14-5-8-24(9-6-14)12-18(19,20)21;/h13-15H,4-12H2,1-3H3,(H,22,23);1H. The van der Waals surface area contributed by atoms with E-state index in [4.69, 9.17) is 4.74 Å². The van der Waals surface area contributed by atoms with Gasteiger partial charge in [0, 0.05) is 26.7 Å². The lowest BCUT2D eigenvalue weighted by atomic mass is 9.93. The van der Waals surface area contributed by atoms with Gasteiger partial charge in [0.1, 0.15) is 0 Å². The Morgan fingerprint density at radius 2 is 1.89 bits per heavy atom. The predicted octanol–water partition coefficient (Wildman–Crippen LogP) is 2.59. The fourth-order valence-corrected chi connectivity index (χ4v) is 4.01. The number of carbonyl (C=O) groups excluding carboxylic acids is 1. The number of methoxy groups -OCH3 is 1. The zero-order valence-corrected chi connectivity index (χ0v) is 19.1. The lowest BCUT2D eigenvalue weighted by Crippen LogP contribution is -2.42. The minimum absolute atomic E-state index is 0. The van der Waals surface area contributed by atoms with Gasteiger partial charge in [-0.2, -0.15) is 13.2 Å². The van der Waals surface area contributed by atoms with E-state index in [2.05, 4.69) is 15.2 Å². The molecule has 0 aromatic heterocycles. The zero-order valence-electron chi connectivity index (χ0n) is 16.8. The SMILES string of the molecule is CN=C(NCCC1CCN(CC(F)(F)F)CC1)N1CC(C)C(C(=O)OC)C1.I. The van der Waals surface area contributed by atoms with E-state index in [1.807, 2.05) is 6.92 Å². The number of nitrogens with one attached hydrogen (secondary N) is 1. The molecule has 0 radical (unpaired) electrons. The maximum atomic E-state index is 12.4. The summed E-state index contributed by atoms with van der Waals surface area (Å²) in [6, 6.07) is 0. The quantitative estimate of drug-likeness (QED) is 0.262. The van der Waals surface area contributed by atoms with Crippen LogP contribution >= 0.6 is 24.0 Å². The van der Waals surface area contributed by atoms with E-state index >= 15 is 0 Å². The average molecular weight is 520 g/mol. The summed E-state index contributed by atoms with van der Waals surface area (Å²) in [4.78, 5) is 19.7. The molecule has 1 N–H and O–H groups in total. The second-order valence-corrected chi connectivity index (χ2v) is 7.61. The number of guanidine groups is 1. The molecule has 2 saturated heterocycles. The zero-order chi connectivity index (χ0) is 20.0. The highest BCUT2D eigenvalue weighted by Gasteiger charge is 2.37. The number of rotatable bonds is 5. The molecule has 0 spiro atoms. The van der Waals surface area contributed by atoms with Crippen LogP contribution in [0.1, 0.15) is 26.2 Å². The molecule has 6 nitrogen and oxygen atoms in total. The fraction of sp³-hybridized carbons (Fsp3) is 0.889. The third-order valence-electron chi connectivity index (χ3n) is 5.57. The molecule has 164 valence electrons. The van der Waals surface area contributed by atoms with Gasteiger partial charge in [0.25, 0.3) is 0 Å². The van der Waals surface area contributed by atoms with Gasteiger partial charge in [-0.3, -0.25) is 14.7 Å². The highest BCUT2D eigenvalue weighted by atomic mass is 127. The molecule has 0 saturated carbocycles. The molecule has 0 aromatic rings. The van der Waals surface area contributed by atoms with E-state index < -0.39 is 12.7 Å². The smallest absolute Gasteiger partial charge is 0.401 e. The van der Waals surface area contributed by atoms with Crippen molar-refractivity contribution in [3.8, 4) is 0 Å². The van der Waals surface area contributed by atoms with Crippen molar-refractivity contribution < 1.29 is 22.7 Å². The van der Waals surface area contributed by atoms with Crippen LogP contribution in [0.25, 0.3) is 0 Å². The van der Waals surface area contributed by atoms with Crippen molar-refractivity contribution in [3.05, 3.63) is 0 Å². The van der Waals surface area contributed by atoms with Crippen molar-refractivity contribution in [1.29, 1.82) is 0 Å². The number of halogens is 4. The topological polar surface area (TPSA) is 57.2 Å². The summed E-state index contributed by atoms with van der Waals surface area (Å²) in [6.45, 7) is 4.29. The normalized spacial score (nSPS) is 24.8. The van der Waals surface area contributed by atoms with E-state index in [1.165, 1.54) is 12.0 Å². The molecule has 2 atom stereocenters. The van der Waals surface area contributed by atoms with E-state index in [9.17, 15) is 18.0 Å². The minimum atomic E-state index is -4.12. The van der Waals surface area contributed by atoms with Gasteiger partial charge in [-0.25, -0.2) is 0 Å². The van der Waals surface area contributed by atoms with Crippen LogP contribution in [0.3, 0.4) is 0 Å². The van der Waals surface area contributed by atoms with Gasteiger partial charge in [-0.1, -0.05) is 6.92 Å². The van der Waals surface area contributed by atoms with Crippen LogP contribution in [-0.2, 0) is 9.53 Å². The number of hydrogen-bond acceptors (Lipinski definition) is 4. The number of aliphatic imine (C=N–C) groups is 1. The van der Waals surface area contributed by atoms with Crippen LogP contribution in [-0.4, -0.2) is 81.3 Å². The van der Waals surface area contributed by atoms with Gasteiger partial charge in [0.15, 0.2) is 5.96 Å². The Morgan fingerprint density at radius 1 is 1.25 bits per heavy atom. The molecule has 2 heterocycles. The number of ether oxygens (including phenoxy) is 1. The van der Waals surface area contributed by atoms with Crippen LogP contribution in [0.4, 0.5) is 13.2 Å². The number of likely N-dealkylation sites (tertiary alicyclic amines) is 2. The lowest BCUT2D eigenvalue weighted by molar-refractivity contribution is -0.148. The van der Waals surface area contributed by atoms with Crippen molar-refractivity contribution in [2.45, 2.75) is 32.4 Å². The summed E-state index contributed by atoms with van der Waals surface area (Å²) in [7, 11) is 3.12. The van der Waals surface area contributed by atoms with Crippen molar-refractivity contribution in [2.75, 3.05) is 53.4 Å². The highest BCUT2D eigenvalue weighted by Crippen LogP contribution is 2.25. The fourth-order valence-electron chi connectivity index (χ4n) is 4.01. The Balaban J connectivity index is 0.00000392. The molecule has 28 heavy (non-hydrogen) atoms. The monoisotopic (exact) mass is 520 g/mol. The summed E-state index contributed by atoms with van der Waals surface area (Å²) < 4.78 is 42.2. The van der Waals surface area contributed by atoms with Gasteiger partial charge >= 0.3 is 12.1 Å².